The summed E-state index contributed by atoms with van der Waals surface area (Å²) in [5.41, 5.74) is 1.48. The maximum Gasteiger partial charge on any atom is 0.271 e. The van der Waals surface area contributed by atoms with Gasteiger partial charge in [0.2, 0.25) is 21.8 Å². The number of anilines is 1. The van der Waals surface area contributed by atoms with Crippen molar-refractivity contribution in [3.63, 3.8) is 0 Å². The van der Waals surface area contributed by atoms with Crippen molar-refractivity contribution in [3.8, 4) is 0 Å². The average Bonchev–Trinajstić information content (AvgIpc) is 2.75. The molecule has 2 rings (SSSR count). The number of hydrogen-bond acceptors (Lipinski definition) is 6. The second-order valence-electron chi connectivity index (χ2n) is 8.39. The molecule has 2 aromatic carbocycles. The van der Waals surface area contributed by atoms with Gasteiger partial charge in [0.05, 0.1) is 16.9 Å². The summed E-state index contributed by atoms with van der Waals surface area (Å²) in [6, 6.07) is 11.4. The second-order valence-corrected chi connectivity index (χ2v) is 10.3. The smallest absolute Gasteiger partial charge is 0.271 e. The van der Waals surface area contributed by atoms with Gasteiger partial charge >= 0.3 is 0 Å². The van der Waals surface area contributed by atoms with Crippen LogP contribution in [0.5, 0.6) is 0 Å². The Balaban J connectivity index is 2.42. The molecule has 1 atom stereocenters. The molecule has 0 aromatic heterocycles. The molecule has 0 aliphatic rings. The van der Waals surface area contributed by atoms with Crippen LogP contribution >= 0.6 is 0 Å². The van der Waals surface area contributed by atoms with Crippen LogP contribution in [0.3, 0.4) is 0 Å². The van der Waals surface area contributed by atoms with Crippen LogP contribution in [0, 0.1) is 17.0 Å². The van der Waals surface area contributed by atoms with E-state index < -0.39 is 33.4 Å². The van der Waals surface area contributed by atoms with Gasteiger partial charge < -0.3 is 10.2 Å². The van der Waals surface area contributed by atoms with Crippen LogP contribution < -0.4 is 9.62 Å². The summed E-state index contributed by atoms with van der Waals surface area (Å²) in [6.45, 7) is 6.55. The fourth-order valence-corrected chi connectivity index (χ4v) is 4.09. The number of nitrogens with one attached hydrogen (secondary N) is 1. The fraction of sp³-hybridized carbons (Fsp3) is 0.391. The Labute approximate surface area is 199 Å². The minimum absolute atomic E-state index is 0.0142. The topological polar surface area (TPSA) is 130 Å². The van der Waals surface area contributed by atoms with Crippen LogP contribution in [-0.4, -0.2) is 54.9 Å². The summed E-state index contributed by atoms with van der Waals surface area (Å²) in [7, 11) is -3.97. The van der Waals surface area contributed by atoms with Crippen LogP contribution in [-0.2, 0) is 26.2 Å². The number of rotatable bonds is 10. The molecule has 2 aromatic rings. The van der Waals surface area contributed by atoms with Gasteiger partial charge in [0.1, 0.15) is 12.6 Å². The molecule has 0 aliphatic heterocycles. The fourth-order valence-electron chi connectivity index (χ4n) is 3.25. The molecule has 0 spiro atoms. The van der Waals surface area contributed by atoms with E-state index in [1.54, 1.807) is 20.8 Å². The van der Waals surface area contributed by atoms with Crippen molar-refractivity contribution >= 4 is 33.2 Å². The zero-order chi connectivity index (χ0) is 25.6. The van der Waals surface area contributed by atoms with Crippen molar-refractivity contribution in [2.45, 2.75) is 46.3 Å². The van der Waals surface area contributed by atoms with Gasteiger partial charge in [0, 0.05) is 24.7 Å². The first-order chi connectivity index (χ1) is 15.8. The Morgan fingerprint density at radius 1 is 1.09 bits per heavy atom. The second kappa shape index (κ2) is 11.1. The summed E-state index contributed by atoms with van der Waals surface area (Å²) in [5, 5.41) is 13.9. The van der Waals surface area contributed by atoms with Gasteiger partial charge in [-0.05, 0) is 39.3 Å². The van der Waals surface area contributed by atoms with E-state index in [-0.39, 0.29) is 29.9 Å². The van der Waals surface area contributed by atoms with Crippen molar-refractivity contribution in [1.82, 2.24) is 10.2 Å². The van der Waals surface area contributed by atoms with E-state index in [2.05, 4.69) is 5.32 Å². The number of amides is 2. The van der Waals surface area contributed by atoms with Gasteiger partial charge in [-0.3, -0.25) is 24.0 Å². The van der Waals surface area contributed by atoms with E-state index in [1.807, 2.05) is 31.2 Å². The maximum atomic E-state index is 13.4. The molecule has 0 radical (unpaired) electrons. The third-order valence-corrected chi connectivity index (χ3v) is 6.22. The summed E-state index contributed by atoms with van der Waals surface area (Å²) in [4.78, 5) is 37.9. The zero-order valence-electron chi connectivity index (χ0n) is 19.9. The van der Waals surface area contributed by atoms with E-state index in [4.69, 9.17) is 0 Å². The lowest BCUT2D eigenvalue weighted by Gasteiger charge is -2.31. The van der Waals surface area contributed by atoms with Crippen molar-refractivity contribution in [2.24, 2.45) is 0 Å². The lowest BCUT2D eigenvalue weighted by atomic mass is 10.1. The Hall–Kier alpha value is -3.47. The van der Waals surface area contributed by atoms with Gasteiger partial charge in [0.25, 0.3) is 5.69 Å². The Bertz CT molecular complexity index is 1150. The highest BCUT2D eigenvalue weighted by molar-refractivity contribution is 7.92. The monoisotopic (exact) mass is 490 g/mol. The Morgan fingerprint density at radius 3 is 2.24 bits per heavy atom. The molecule has 0 saturated carbocycles. The zero-order valence-corrected chi connectivity index (χ0v) is 20.7. The quantitative estimate of drug-likeness (QED) is 0.402. The number of nitrogens with zero attached hydrogens (tertiary/aromatic N) is 3. The molecule has 0 aliphatic carbocycles. The molecule has 0 fully saturated rings. The van der Waals surface area contributed by atoms with Gasteiger partial charge in [-0.2, -0.15) is 0 Å². The lowest BCUT2D eigenvalue weighted by molar-refractivity contribution is -0.384. The predicted molar refractivity (Wildman–Crippen MR) is 130 cm³/mol. The lowest BCUT2D eigenvalue weighted by Crippen LogP contribution is -2.52. The van der Waals surface area contributed by atoms with E-state index in [9.17, 15) is 28.1 Å². The third kappa shape index (κ3) is 7.27. The van der Waals surface area contributed by atoms with E-state index in [0.717, 1.165) is 27.8 Å². The summed E-state index contributed by atoms with van der Waals surface area (Å²) in [6.07, 6.45) is 0.915. The van der Waals surface area contributed by atoms with Crippen molar-refractivity contribution in [3.05, 3.63) is 69.8 Å². The first kappa shape index (κ1) is 26.8. The Morgan fingerprint density at radius 2 is 1.71 bits per heavy atom. The third-order valence-electron chi connectivity index (χ3n) is 5.08. The first-order valence-corrected chi connectivity index (χ1v) is 12.5. The van der Waals surface area contributed by atoms with Crippen LogP contribution in [0.15, 0.2) is 48.5 Å². The van der Waals surface area contributed by atoms with Crippen LogP contribution in [0.4, 0.5) is 11.4 Å². The molecule has 10 nitrogen and oxygen atoms in total. The van der Waals surface area contributed by atoms with Gasteiger partial charge in [-0.1, -0.05) is 35.9 Å². The van der Waals surface area contributed by atoms with E-state index in [0.29, 0.717) is 0 Å². The summed E-state index contributed by atoms with van der Waals surface area (Å²) >= 11 is 0. The normalized spacial score (nSPS) is 12.2. The molecule has 34 heavy (non-hydrogen) atoms. The average molecular weight is 491 g/mol. The number of benzene rings is 2. The molecule has 0 unspecified atom stereocenters. The first-order valence-electron chi connectivity index (χ1n) is 10.7. The number of aryl methyl sites for hydroxylation is 1. The molecular formula is C23H30N4O6S. The van der Waals surface area contributed by atoms with E-state index >= 15 is 0 Å². The molecule has 1 N–H and O–H groups in total. The highest BCUT2D eigenvalue weighted by atomic mass is 32.2. The molecule has 184 valence electrons. The number of carbonyl (C=O) groups excluding carboxylic acids is 2. The molecule has 0 saturated heterocycles. The number of sulfonamides is 1. The summed E-state index contributed by atoms with van der Waals surface area (Å²) < 4.78 is 25.8. The molecule has 11 heteroatoms. The van der Waals surface area contributed by atoms with Gasteiger partial charge in [0.15, 0.2) is 0 Å². The molecular weight excluding hydrogens is 460 g/mol. The number of non-ortho nitro benzene ring substituents is 1. The maximum absolute atomic E-state index is 13.4. The van der Waals surface area contributed by atoms with Crippen molar-refractivity contribution < 1.29 is 22.9 Å². The molecule has 0 heterocycles. The highest BCUT2D eigenvalue weighted by Crippen LogP contribution is 2.24. The largest absolute Gasteiger partial charge is 0.352 e. The van der Waals surface area contributed by atoms with E-state index in [1.165, 1.54) is 23.1 Å². The van der Waals surface area contributed by atoms with Gasteiger partial charge in [-0.25, -0.2) is 8.42 Å². The van der Waals surface area contributed by atoms with Gasteiger partial charge in [-0.15, -0.1) is 0 Å². The minimum atomic E-state index is -3.97. The van der Waals surface area contributed by atoms with Crippen LogP contribution in [0.2, 0.25) is 0 Å². The Kier molecular flexibility index (Phi) is 8.74. The summed E-state index contributed by atoms with van der Waals surface area (Å²) in [5.74, 6) is -0.999. The van der Waals surface area contributed by atoms with Crippen molar-refractivity contribution in [1.29, 1.82) is 0 Å². The number of carbonyl (C=O) groups is 2. The highest BCUT2D eigenvalue weighted by Gasteiger charge is 2.30. The number of nitro benzene ring substituents is 1. The number of hydrogen-bond donors (Lipinski definition) is 1. The van der Waals surface area contributed by atoms with Crippen LogP contribution in [0.1, 0.15) is 31.9 Å². The molecule has 2 amide bonds. The van der Waals surface area contributed by atoms with Crippen LogP contribution in [0.25, 0.3) is 0 Å². The SMILES string of the molecule is Cc1ccc(CN(C(=O)CN(c2cccc([N+](=O)[O-])c2)S(C)(=O)=O)[C@H](C)C(=O)NC(C)C)cc1. The van der Waals surface area contributed by atoms with Crippen molar-refractivity contribution in [2.75, 3.05) is 17.1 Å². The molecule has 0 bridgehead atoms. The predicted octanol–water partition coefficient (Wildman–Crippen LogP) is 2.61. The standard InChI is InChI=1S/C23H30N4O6S/c1-16(2)24-23(29)18(4)25(14-19-11-9-17(3)10-12-19)22(28)15-26(34(5,32)33)20-7-6-8-21(13-20)27(30)31/h6-13,16,18H,14-15H2,1-5H3,(H,24,29)/t18-/m1/s1. The number of nitro groups is 1. The minimum Gasteiger partial charge on any atom is -0.352 e.